The third-order valence-electron chi connectivity index (χ3n) is 6.79. The molecule has 1 aromatic carbocycles. The second kappa shape index (κ2) is 12.9. The van der Waals surface area contributed by atoms with E-state index in [9.17, 15) is 9.59 Å². The number of hydrogen-bond donors (Lipinski definition) is 0. The lowest BCUT2D eigenvalue weighted by molar-refractivity contribution is -0.141. The normalized spacial score (nSPS) is 15.8. The van der Waals surface area contributed by atoms with E-state index in [1.54, 1.807) is 6.26 Å². The molecule has 3 aromatic rings. The maximum Gasteiger partial charge on any atom is 0.233 e. The molecule has 198 valence electrons. The van der Waals surface area contributed by atoms with Crippen molar-refractivity contribution in [2.24, 2.45) is 0 Å². The van der Waals surface area contributed by atoms with Crippen LogP contribution in [-0.2, 0) is 9.59 Å². The number of carbonyl (C=O) groups excluding carboxylic acids is 2. The van der Waals surface area contributed by atoms with Crippen LogP contribution in [0.2, 0.25) is 0 Å². The average Bonchev–Trinajstić information content (AvgIpc) is 3.57. The molecule has 1 aliphatic heterocycles. The highest BCUT2D eigenvalue weighted by molar-refractivity contribution is 7.99. The van der Waals surface area contributed by atoms with Gasteiger partial charge < -0.3 is 14.2 Å². The molecule has 3 heterocycles. The first-order valence-corrected chi connectivity index (χ1v) is 14.2. The molecule has 37 heavy (non-hydrogen) atoms. The molecule has 1 unspecified atom stereocenters. The molecule has 1 aliphatic rings. The zero-order valence-corrected chi connectivity index (χ0v) is 22.9. The molecule has 1 atom stereocenters. The maximum absolute atomic E-state index is 13.1. The van der Waals surface area contributed by atoms with Gasteiger partial charge in [0, 0.05) is 37.8 Å². The average molecular weight is 524 g/mol. The largest absolute Gasteiger partial charge is 0.461 e. The number of piperazine rings is 1. The molecular weight excluding hydrogens is 486 g/mol. The fraction of sp³-hybridized carbons (Fsp3) is 0.500. The van der Waals surface area contributed by atoms with E-state index in [1.807, 2.05) is 64.6 Å². The minimum atomic E-state index is 0.0209. The Hall–Kier alpha value is -3.07. The van der Waals surface area contributed by atoms with Gasteiger partial charge in [0.2, 0.25) is 17.6 Å². The number of amides is 2. The zero-order chi connectivity index (χ0) is 26.2. The van der Waals surface area contributed by atoms with Crippen LogP contribution in [0.3, 0.4) is 0 Å². The fourth-order valence-electron chi connectivity index (χ4n) is 4.65. The predicted molar refractivity (Wildman–Crippen MR) is 146 cm³/mol. The summed E-state index contributed by atoms with van der Waals surface area (Å²) in [7, 11) is 0. The van der Waals surface area contributed by atoms with Gasteiger partial charge in [-0.3, -0.25) is 14.2 Å². The molecule has 0 spiro atoms. The van der Waals surface area contributed by atoms with Crippen LogP contribution < -0.4 is 0 Å². The summed E-state index contributed by atoms with van der Waals surface area (Å²) in [6.07, 6.45) is 7.90. The van der Waals surface area contributed by atoms with Crippen LogP contribution in [0, 0.1) is 6.92 Å². The monoisotopic (exact) mass is 523 g/mol. The maximum atomic E-state index is 13.1. The quantitative estimate of drug-likeness (QED) is 0.249. The minimum absolute atomic E-state index is 0.0209. The van der Waals surface area contributed by atoms with Crippen LogP contribution in [0.5, 0.6) is 0 Å². The van der Waals surface area contributed by atoms with Gasteiger partial charge in [-0.2, -0.15) is 0 Å². The van der Waals surface area contributed by atoms with Crippen molar-refractivity contribution in [3.05, 3.63) is 48.2 Å². The second-order valence-electron chi connectivity index (χ2n) is 9.68. The number of furan rings is 1. The number of unbranched alkanes of at least 4 members (excludes halogenated alkanes) is 4. The Bertz CT molecular complexity index is 1160. The van der Waals surface area contributed by atoms with Crippen molar-refractivity contribution in [2.45, 2.75) is 70.5 Å². The summed E-state index contributed by atoms with van der Waals surface area (Å²) in [6.45, 7) is 7.98. The summed E-state index contributed by atoms with van der Waals surface area (Å²) in [6, 6.07) is 11.8. The summed E-state index contributed by atoms with van der Waals surface area (Å²) < 4.78 is 7.51. The van der Waals surface area contributed by atoms with Crippen molar-refractivity contribution in [1.29, 1.82) is 0 Å². The molecule has 8 nitrogen and oxygen atoms in total. The van der Waals surface area contributed by atoms with E-state index in [0.717, 1.165) is 24.1 Å². The van der Waals surface area contributed by atoms with Gasteiger partial charge in [0.05, 0.1) is 12.0 Å². The molecule has 2 aromatic heterocycles. The highest BCUT2D eigenvalue weighted by Crippen LogP contribution is 2.29. The van der Waals surface area contributed by atoms with E-state index in [4.69, 9.17) is 4.42 Å². The van der Waals surface area contributed by atoms with Crippen molar-refractivity contribution in [2.75, 3.05) is 25.4 Å². The standard InChI is InChI=1S/C28H37N5O3S/c1-4-5-6-7-8-11-25(34)32-17-16-31(19-22(32)3)26(35)20-37-28-30-29-27(24-10-9-18-36-24)33(28)23-14-12-21(2)13-15-23/h9-10,12-15,18,22H,4-8,11,16-17,19-20H2,1-3H3. The molecule has 0 radical (unpaired) electrons. The molecule has 4 rings (SSSR count). The molecule has 1 fully saturated rings. The van der Waals surface area contributed by atoms with Gasteiger partial charge in [-0.05, 0) is 44.5 Å². The van der Waals surface area contributed by atoms with Crippen LogP contribution in [0.4, 0.5) is 0 Å². The summed E-state index contributed by atoms with van der Waals surface area (Å²) in [5.74, 6) is 1.72. The lowest BCUT2D eigenvalue weighted by Gasteiger charge is -2.40. The Morgan fingerprint density at radius 1 is 1.03 bits per heavy atom. The van der Waals surface area contributed by atoms with Crippen LogP contribution >= 0.6 is 11.8 Å². The van der Waals surface area contributed by atoms with Crippen molar-refractivity contribution >= 4 is 23.6 Å². The molecular formula is C28H37N5O3S. The molecule has 9 heteroatoms. The third kappa shape index (κ3) is 6.83. The van der Waals surface area contributed by atoms with E-state index in [0.29, 0.717) is 42.8 Å². The lowest BCUT2D eigenvalue weighted by Crippen LogP contribution is -2.55. The second-order valence-corrected chi connectivity index (χ2v) is 10.6. The first-order chi connectivity index (χ1) is 18.0. The van der Waals surface area contributed by atoms with E-state index in [-0.39, 0.29) is 23.6 Å². The van der Waals surface area contributed by atoms with Gasteiger partial charge in [0.1, 0.15) is 0 Å². The molecule has 0 N–H and O–H groups in total. The Labute approximate surface area is 223 Å². The summed E-state index contributed by atoms with van der Waals surface area (Å²) in [5.41, 5.74) is 2.07. The Morgan fingerprint density at radius 3 is 2.51 bits per heavy atom. The van der Waals surface area contributed by atoms with Crippen molar-refractivity contribution < 1.29 is 14.0 Å². The first-order valence-electron chi connectivity index (χ1n) is 13.2. The Morgan fingerprint density at radius 2 is 1.81 bits per heavy atom. The van der Waals surface area contributed by atoms with Gasteiger partial charge in [-0.15, -0.1) is 10.2 Å². The minimum Gasteiger partial charge on any atom is -0.461 e. The zero-order valence-electron chi connectivity index (χ0n) is 22.1. The molecule has 1 saturated heterocycles. The number of aryl methyl sites for hydroxylation is 1. The summed E-state index contributed by atoms with van der Waals surface area (Å²) in [5, 5.41) is 9.37. The van der Waals surface area contributed by atoms with Gasteiger partial charge in [-0.25, -0.2) is 0 Å². The molecule has 0 aliphatic carbocycles. The highest BCUT2D eigenvalue weighted by atomic mass is 32.2. The topological polar surface area (TPSA) is 84.5 Å². The molecule has 2 amide bonds. The first kappa shape index (κ1) is 27.0. The Kier molecular flexibility index (Phi) is 9.44. The van der Waals surface area contributed by atoms with Gasteiger partial charge in [0.25, 0.3) is 0 Å². The Balaban J connectivity index is 1.35. The van der Waals surface area contributed by atoms with Crippen LogP contribution in [0.15, 0.2) is 52.2 Å². The summed E-state index contributed by atoms with van der Waals surface area (Å²) in [4.78, 5) is 29.6. The van der Waals surface area contributed by atoms with Gasteiger partial charge in [0.15, 0.2) is 10.9 Å². The van der Waals surface area contributed by atoms with E-state index in [2.05, 4.69) is 17.1 Å². The molecule has 0 bridgehead atoms. The summed E-state index contributed by atoms with van der Waals surface area (Å²) >= 11 is 1.37. The van der Waals surface area contributed by atoms with E-state index in [1.165, 1.54) is 31.0 Å². The highest BCUT2D eigenvalue weighted by Gasteiger charge is 2.30. The molecule has 0 saturated carbocycles. The lowest BCUT2D eigenvalue weighted by atomic mass is 10.1. The number of aromatic nitrogens is 3. The van der Waals surface area contributed by atoms with E-state index >= 15 is 0 Å². The van der Waals surface area contributed by atoms with Crippen molar-refractivity contribution in [3.8, 4) is 17.3 Å². The fourth-order valence-corrected chi connectivity index (χ4v) is 5.51. The smallest absolute Gasteiger partial charge is 0.233 e. The van der Waals surface area contributed by atoms with Crippen LogP contribution in [0.25, 0.3) is 17.3 Å². The number of rotatable bonds is 11. The number of benzene rings is 1. The van der Waals surface area contributed by atoms with Crippen molar-refractivity contribution in [3.63, 3.8) is 0 Å². The third-order valence-corrected chi connectivity index (χ3v) is 7.70. The van der Waals surface area contributed by atoms with Gasteiger partial charge in [-0.1, -0.05) is 62.1 Å². The SMILES string of the molecule is CCCCCCCC(=O)N1CCN(C(=O)CSc2nnc(-c3ccco3)n2-c2ccc(C)cc2)CC1C. The number of hydrogen-bond acceptors (Lipinski definition) is 6. The van der Waals surface area contributed by atoms with Crippen LogP contribution in [0.1, 0.15) is 57.9 Å². The number of nitrogens with zero attached hydrogens (tertiary/aromatic N) is 5. The van der Waals surface area contributed by atoms with Crippen LogP contribution in [-0.4, -0.2) is 67.8 Å². The number of thioether (sulfide) groups is 1. The number of carbonyl (C=O) groups is 2. The van der Waals surface area contributed by atoms with Crippen molar-refractivity contribution in [1.82, 2.24) is 24.6 Å². The van der Waals surface area contributed by atoms with E-state index < -0.39 is 0 Å². The van der Waals surface area contributed by atoms with Gasteiger partial charge >= 0.3 is 0 Å². The predicted octanol–water partition coefficient (Wildman–Crippen LogP) is 5.35.